The second-order valence-corrected chi connectivity index (χ2v) is 4.27. The molecule has 0 radical (unpaired) electrons. The van der Waals surface area contributed by atoms with Gasteiger partial charge in [0.05, 0.1) is 22.2 Å². The summed E-state index contributed by atoms with van der Waals surface area (Å²) in [5.41, 5.74) is 7.46. The number of hydrogen-bond acceptors (Lipinski definition) is 5. The third-order valence-electron chi connectivity index (χ3n) is 2.95. The summed E-state index contributed by atoms with van der Waals surface area (Å²) in [6.45, 7) is 0. The van der Waals surface area contributed by atoms with E-state index in [4.69, 9.17) is 5.73 Å². The van der Waals surface area contributed by atoms with E-state index in [9.17, 15) is 10.1 Å². The number of para-hydroxylation sites is 1. The first kappa shape index (κ1) is 12.0. The number of nitrogens with zero attached hydrogens (tertiary/aromatic N) is 3. The smallest absolute Gasteiger partial charge is 0.275 e. The van der Waals surface area contributed by atoms with Crippen LogP contribution in [0.4, 0.5) is 11.5 Å². The molecule has 6 nitrogen and oxygen atoms in total. The molecule has 2 heterocycles. The summed E-state index contributed by atoms with van der Waals surface area (Å²) in [4.78, 5) is 18.9. The van der Waals surface area contributed by atoms with Gasteiger partial charge < -0.3 is 5.73 Å². The molecule has 0 atom stereocenters. The average molecular weight is 266 g/mol. The summed E-state index contributed by atoms with van der Waals surface area (Å²) >= 11 is 0. The van der Waals surface area contributed by atoms with E-state index in [0.29, 0.717) is 5.69 Å². The lowest BCUT2D eigenvalue weighted by Gasteiger charge is -2.06. The van der Waals surface area contributed by atoms with Gasteiger partial charge in [0.2, 0.25) is 0 Å². The molecule has 6 heteroatoms. The second-order valence-electron chi connectivity index (χ2n) is 4.27. The van der Waals surface area contributed by atoms with Crippen LogP contribution in [-0.4, -0.2) is 14.9 Å². The third-order valence-corrected chi connectivity index (χ3v) is 2.95. The highest BCUT2D eigenvalue weighted by molar-refractivity contribution is 5.92. The Bertz CT molecular complexity index is 812. The number of nitrogen functional groups attached to an aromatic ring is 1. The number of pyridine rings is 2. The maximum Gasteiger partial charge on any atom is 0.275 e. The summed E-state index contributed by atoms with van der Waals surface area (Å²) in [5.74, 6) is 0.113. The monoisotopic (exact) mass is 266 g/mol. The Labute approximate surface area is 114 Å². The van der Waals surface area contributed by atoms with Crippen LogP contribution in [0.5, 0.6) is 0 Å². The Balaban J connectivity index is 2.28. The van der Waals surface area contributed by atoms with Gasteiger partial charge in [-0.2, -0.15) is 0 Å². The lowest BCUT2D eigenvalue weighted by atomic mass is 10.1. The van der Waals surface area contributed by atoms with E-state index in [1.807, 2.05) is 30.3 Å². The van der Waals surface area contributed by atoms with Crippen molar-refractivity contribution in [1.82, 2.24) is 9.97 Å². The van der Waals surface area contributed by atoms with Crippen LogP contribution in [0.15, 0.2) is 48.7 Å². The molecule has 0 saturated carbocycles. The molecule has 98 valence electrons. The number of fused-ring (bicyclic) bond motifs is 1. The molecular weight excluding hydrogens is 256 g/mol. The van der Waals surface area contributed by atoms with Crippen LogP contribution in [0, 0.1) is 10.1 Å². The van der Waals surface area contributed by atoms with E-state index in [-0.39, 0.29) is 11.5 Å². The van der Waals surface area contributed by atoms with Crippen molar-refractivity contribution in [2.24, 2.45) is 0 Å². The molecule has 2 aromatic heterocycles. The normalized spacial score (nSPS) is 10.6. The first-order chi connectivity index (χ1) is 9.65. The van der Waals surface area contributed by atoms with E-state index in [0.717, 1.165) is 16.5 Å². The van der Waals surface area contributed by atoms with Crippen molar-refractivity contribution in [2.75, 3.05) is 5.73 Å². The Morgan fingerprint density at radius 1 is 1.15 bits per heavy atom. The highest BCUT2D eigenvalue weighted by Crippen LogP contribution is 2.28. The summed E-state index contributed by atoms with van der Waals surface area (Å²) in [5, 5.41) is 11.8. The molecule has 0 aliphatic heterocycles. The van der Waals surface area contributed by atoms with Crippen LogP contribution < -0.4 is 5.73 Å². The van der Waals surface area contributed by atoms with Gasteiger partial charge in [-0.1, -0.05) is 24.3 Å². The average Bonchev–Trinajstić information content (AvgIpc) is 2.46. The Kier molecular flexibility index (Phi) is 2.76. The molecule has 20 heavy (non-hydrogen) atoms. The van der Waals surface area contributed by atoms with Gasteiger partial charge in [0.15, 0.2) is 0 Å². The Hall–Kier alpha value is -3.02. The topological polar surface area (TPSA) is 94.9 Å². The maximum atomic E-state index is 10.9. The molecular formula is C14H10N4O2. The van der Waals surface area contributed by atoms with Crippen LogP contribution in [0.1, 0.15) is 0 Å². The fourth-order valence-electron chi connectivity index (χ4n) is 2.09. The maximum absolute atomic E-state index is 10.9. The largest absolute Gasteiger partial charge is 0.383 e. The predicted octanol–water partition coefficient (Wildman–Crippen LogP) is 2.79. The first-order valence-electron chi connectivity index (χ1n) is 5.91. The van der Waals surface area contributed by atoms with Gasteiger partial charge in [-0.25, -0.2) is 4.98 Å². The predicted molar refractivity (Wildman–Crippen MR) is 76.0 cm³/mol. The number of aromatic nitrogens is 2. The van der Waals surface area contributed by atoms with E-state index in [1.165, 1.54) is 12.1 Å². The highest BCUT2D eigenvalue weighted by atomic mass is 16.6. The molecule has 0 aliphatic rings. The zero-order valence-corrected chi connectivity index (χ0v) is 10.4. The van der Waals surface area contributed by atoms with Gasteiger partial charge in [-0.05, 0) is 6.07 Å². The van der Waals surface area contributed by atoms with E-state index < -0.39 is 4.92 Å². The van der Waals surface area contributed by atoms with E-state index in [1.54, 1.807) is 6.20 Å². The second kappa shape index (κ2) is 4.58. The van der Waals surface area contributed by atoms with Crippen molar-refractivity contribution in [3.63, 3.8) is 0 Å². The van der Waals surface area contributed by atoms with E-state index in [2.05, 4.69) is 9.97 Å². The molecule has 2 N–H and O–H groups in total. The molecule has 0 spiro atoms. The SMILES string of the molecule is Nc1cc([N+](=O)[O-])cc(-c2cccc3cccnc23)n1. The molecule has 0 unspecified atom stereocenters. The van der Waals surface area contributed by atoms with Crippen LogP contribution in [0.25, 0.3) is 22.2 Å². The number of hydrogen-bond donors (Lipinski definition) is 1. The molecule has 1 aromatic carbocycles. The Morgan fingerprint density at radius 2 is 1.95 bits per heavy atom. The molecule has 0 aliphatic carbocycles. The molecule has 0 amide bonds. The minimum Gasteiger partial charge on any atom is -0.383 e. The lowest BCUT2D eigenvalue weighted by Crippen LogP contribution is -1.97. The van der Waals surface area contributed by atoms with Gasteiger partial charge in [-0.15, -0.1) is 0 Å². The molecule has 3 rings (SSSR count). The van der Waals surface area contributed by atoms with Crippen molar-refractivity contribution in [1.29, 1.82) is 0 Å². The summed E-state index contributed by atoms with van der Waals surface area (Å²) < 4.78 is 0. The number of nitro groups is 1. The third kappa shape index (κ3) is 2.03. The van der Waals surface area contributed by atoms with Gasteiger partial charge in [0, 0.05) is 23.2 Å². The van der Waals surface area contributed by atoms with Crippen LogP contribution in [0.3, 0.4) is 0 Å². The van der Waals surface area contributed by atoms with Crippen molar-refractivity contribution < 1.29 is 4.92 Å². The zero-order valence-electron chi connectivity index (χ0n) is 10.4. The highest BCUT2D eigenvalue weighted by Gasteiger charge is 2.13. The van der Waals surface area contributed by atoms with Crippen LogP contribution in [-0.2, 0) is 0 Å². The zero-order chi connectivity index (χ0) is 14.1. The van der Waals surface area contributed by atoms with Crippen molar-refractivity contribution in [3.05, 3.63) is 58.8 Å². The molecule has 3 aromatic rings. The standard InChI is InChI=1S/C14H10N4O2/c15-13-8-10(18(19)20)7-12(17-13)11-5-1-3-9-4-2-6-16-14(9)11/h1-8H,(H2,15,17). The minimum absolute atomic E-state index is 0.0829. The number of nitrogens with two attached hydrogens (primary N) is 1. The molecule has 0 bridgehead atoms. The minimum atomic E-state index is -0.486. The summed E-state index contributed by atoms with van der Waals surface area (Å²) in [6.07, 6.45) is 1.67. The van der Waals surface area contributed by atoms with Gasteiger partial charge in [0.25, 0.3) is 5.69 Å². The van der Waals surface area contributed by atoms with Gasteiger partial charge in [0.1, 0.15) is 5.82 Å². The number of rotatable bonds is 2. The van der Waals surface area contributed by atoms with Gasteiger partial charge in [-0.3, -0.25) is 15.1 Å². The Morgan fingerprint density at radius 3 is 2.75 bits per heavy atom. The summed E-state index contributed by atoms with van der Waals surface area (Å²) in [7, 11) is 0. The molecule has 0 saturated heterocycles. The number of anilines is 1. The fraction of sp³-hybridized carbons (Fsp3) is 0. The summed E-state index contributed by atoms with van der Waals surface area (Å²) in [6, 6.07) is 12.0. The van der Waals surface area contributed by atoms with Crippen molar-refractivity contribution in [2.45, 2.75) is 0 Å². The van der Waals surface area contributed by atoms with Crippen molar-refractivity contribution in [3.8, 4) is 11.3 Å². The van der Waals surface area contributed by atoms with Crippen molar-refractivity contribution >= 4 is 22.4 Å². The lowest BCUT2D eigenvalue weighted by molar-refractivity contribution is -0.384. The molecule has 0 fully saturated rings. The van der Waals surface area contributed by atoms with Gasteiger partial charge >= 0.3 is 0 Å². The first-order valence-corrected chi connectivity index (χ1v) is 5.91. The number of benzene rings is 1. The quantitative estimate of drug-likeness (QED) is 0.568. The van der Waals surface area contributed by atoms with Crippen LogP contribution >= 0.6 is 0 Å². The fourth-order valence-corrected chi connectivity index (χ4v) is 2.09. The van der Waals surface area contributed by atoms with Crippen LogP contribution in [0.2, 0.25) is 0 Å². The van der Waals surface area contributed by atoms with E-state index >= 15 is 0 Å².